The number of halogens is 2. The summed E-state index contributed by atoms with van der Waals surface area (Å²) in [4.78, 5) is 0. The summed E-state index contributed by atoms with van der Waals surface area (Å²) < 4.78 is 0. The molecule has 3 heteroatoms. The molecule has 0 aliphatic rings. The maximum Gasteiger partial charge on any atom is 0.0595 e. The van der Waals surface area contributed by atoms with Gasteiger partial charge in [-0.1, -0.05) is 43.1 Å². The van der Waals surface area contributed by atoms with E-state index < -0.39 is 0 Å². The Labute approximate surface area is 108 Å². The average molecular weight is 260 g/mol. The van der Waals surface area contributed by atoms with Crippen molar-refractivity contribution in [1.29, 1.82) is 0 Å². The largest absolute Gasteiger partial charge is 0.330 e. The lowest BCUT2D eigenvalue weighted by molar-refractivity contribution is 0.313. The molecule has 2 N–H and O–H groups in total. The molecule has 0 bridgehead atoms. The molecule has 0 unspecified atom stereocenters. The van der Waals surface area contributed by atoms with E-state index in [0.717, 1.165) is 25.8 Å². The molecule has 1 aromatic rings. The third-order valence-electron chi connectivity index (χ3n) is 2.90. The molecule has 1 rings (SSSR count). The third kappa shape index (κ3) is 4.32. The van der Waals surface area contributed by atoms with Crippen molar-refractivity contribution in [2.24, 2.45) is 11.1 Å². The van der Waals surface area contributed by atoms with Crippen LogP contribution in [0.2, 0.25) is 10.0 Å². The molecule has 1 aromatic carbocycles. The monoisotopic (exact) mass is 259 g/mol. The predicted octanol–water partition coefficient (Wildman–Crippen LogP) is 4.30. The first-order valence-corrected chi connectivity index (χ1v) is 6.34. The minimum Gasteiger partial charge on any atom is -0.330 e. The fraction of sp³-hybridized carbons (Fsp3) is 0.538. The van der Waals surface area contributed by atoms with Crippen LogP contribution < -0.4 is 5.73 Å². The van der Waals surface area contributed by atoms with E-state index in [9.17, 15) is 0 Å². The zero-order valence-electron chi connectivity index (χ0n) is 9.89. The van der Waals surface area contributed by atoms with Gasteiger partial charge in [0.05, 0.1) is 10.0 Å². The molecule has 0 aliphatic heterocycles. The van der Waals surface area contributed by atoms with Crippen LogP contribution in [0.4, 0.5) is 0 Å². The highest BCUT2D eigenvalue weighted by molar-refractivity contribution is 6.42. The van der Waals surface area contributed by atoms with E-state index in [0.29, 0.717) is 15.5 Å². The van der Waals surface area contributed by atoms with E-state index in [4.69, 9.17) is 28.9 Å². The van der Waals surface area contributed by atoms with Crippen molar-refractivity contribution in [2.45, 2.75) is 33.1 Å². The molecule has 0 aromatic heterocycles. The van der Waals surface area contributed by atoms with Crippen LogP contribution in [0, 0.1) is 5.41 Å². The van der Waals surface area contributed by atoms with Crippen molar-refractivity contribution in [3.05, 3.63) is 33.8 Å². The molecule has 0 aliphatic carbocycles. The first kappa shape index (κ1) is 13.8. The van der Waals surface area contributed by atoms with Crippen LogP contribution in [-0.4, -0.2) is 6.54 Å². The molecular weight excluding hydrogens is 241 g/mol. The number of aryl methyl sites for hydroxylation is 1. The van der Waals surface area contributed by atoms with Crippen molar-refractivity contribution in [2.75, 3.05) is 6.54 Å². The van der Waals surface area contributed by atoms with Gasteiger partial charge in [0, 0.05) is 0 Å². The van der Waals surface area contributed by atoms with Crippen molar-refractivity contribution < 1.29 is 0 Å². The van der Waals surface area contributed by atoms with Gasteiger partial charge in [0.25, 0.3) is 0 Å². The van der Waals surface area contributed by atoms with Crippen molar-refractivity contribution in [3.8, 4) is 0 Å². The Kier molecular flexibility index (Phi) is 5.10. The number of benzene rings is 1. The van der Waals surface area contributed by atoms with Gasteiger partial charge in [-0.2, -0.15) is 0 Å². The lowest BCUT2D eigenvalue weighted by Gasteiger charge is -2.23. The van der Waals surface area contributed by atoms with Crippen LogP contribution in [-0.2, 0) is 6.42 Å². The first-order chi connectivity index (χ1) is 7.44. The summed E-state index contributed by atoms with van der Waals surface area (Å²) in [5, 5.41) is 1.25. The minimum atomic E-state index is 0.293. The highest BCUT2D eigenvalue weighted by Gasteiger charge is 2.16. The molecule has 0 spiro atoms. The van der Waals surface area contributed by atoms with Crippen LogP contribution in [0.3, 0.4) is 0 Å². The Bertz CT molecular complexity index is 348. The summed E-state index contributed by atoms with van der Waals surface area (Å²) in [5.41, 5.74) is 7.12. The highest BCUT2D eigenvalue weighted by atomic mass is 35.5. The molecule has 0 saturated carbocycles. The lowest BCUT2D eigenvalue weighted by Crippen LogP contribution is -2.17. The molecule has 0 heterocycles. The van der Waals surface area contributed by atoms with E-state index in [1.54, 1.807) is 0 Å². The Morgan fingerprint density at radius 3 is 2.38 bits per heavy atom. The SMILES string of the molecule is CC(C)(CCN)CCc1ccc(Cl)c(Cl)c1. The third-order valence-corrected chi connectivity index (χ3v) is 3.63. The molecule has 0 fully saturated rings. The summed E-state index contributed by atoms with van der Waals surface area (Å²) in [7, 11) is 0. The number of nitrogens with two attached hydrogens (primary N) is 1. The Hall–Kier alpha value is -0.240. The van der Waals surface area contributed by atoms with Crippen molar-refractivity contribution in [1.82, 2.24) is 0 Å². The Morgan fingerprint density at radius 2 is 1.81 bits per heavy atom. The minimum absolute atomic E-state index is 0.293. The summed E-state index contributed by atoms with van der Waals surface area (Å²) in [6.45, 7) is 5.24. The topological polar surface area (TPSA) is 26.0 Å². The fourth-order valence-corrected chi connectivity index (χ4v) is 2.01. The molecule has 0 saturated heterocycles. The van der Waals surface area contributed by atoms with E-state index >= 15 is 0 Å². The van der Waals surface area contributed by atoms with Gasteiger partial charge in [-0.3, -0.25) is 0 Å². The van der Waals surface area contributed by atoms with Gasteiger partial charge in [-0.05, 0) is 48.9 Å². The van der Waals surface area contributed by atoms with Gasteiger partial charge >= 0.3 is 0 Å². The van der Waals surface area contributed by atoms with Crippen LogP contribution in [0.25, 0.3) is 0 Å². The fourth-order valence-electron chi connectivity index (χ4n) is 1.69. The molecule has 0 radical (unpaired) electrons. The van der Waals surface area contributed by atoms with Gasteiger partial charge in [0.1, 0.15) is 0 Å². The van der Waals surface area contributed by atoms with E-state index in [1.807, 2.05) is 18.2 Å². The Morgan fingerprint density at radius 1 is 1.12 bits per heavy atom. The second kappa shape index (κ2) is 5.90. The second-order valence-corrected chi connectivity index (χ2v) is 5.77. The molecule has 90 valence electrons. The molecule has 1 nitrogen and oxygen atoms in total. The summed E-state index contributed by atoms with van der Waals surface area (Å²) in [6.07, 6.45) is 3.18. The quantitative estimate of drug-likeness (QED) is 0.839. The van der Waals surface area contributed by atoms with Crippen LogP contribution in [0.5, 0.6) is 0 Å². The van der Waals surface area contributed by atoms with Crippen molar-refractivity contribution >= 4 is 23.2 Å². The maximum absolute atomic E-state index is 5.97. The average Bonchev–Trinajstić information content (AvgIpc) is 2.20. The molecule has 0 atom stereocenters. The Balaban J connectivity index is 2.57. The van der Waals surface area contributed by atoms with Crippen molar-refractivity contribution in [3.63, 3.8) is 0 Å². The number of hydrogen-bond acceptors (Lipinski definition) is 1. The smallest absolute Gasteiger partial charge is 0.0595 e. The second-order valence-electron chi connectivity index (χ2n) is 4.95. The van der Waals surface area contributed by atoms with Gasteiger partial charge < -0.3 is 5.73 Å². The van der Waals surface area contributed by atoms with E-state index in [2.05, 4.69) is 13.8 Å². The van der Waals surface area contributed by atoms with Crippen LogP contribution >= 0.6 is 23.2 Å². The summed E-state index contributed by atoms with van der Waals surface area (Å²) in [5.74, 6) is 0. The number of hydrogen-bond donors (Lipinski definition) is 1. The van der Waals surface area contributed by atoms with Gasteiger partial charge in [-0.25, -0.2) is 0 Å². The highest BCUT2D eigenvalue weighted by Crippen LogP contribution is 2.28. The zero-order valence-corrected chi connectivity index (χ0v) is 11.4. The summed E-state index contributed by atoms with van der Waals surface area (Å²) >= 11 is 11.8. The molecular formula is C13H19Cl2N. The zero-order chi connectivity index (χ0) is 12.2. The van der Waals surface area contributed by atoms with Crippen LogP contribution in [0.15, 0.2) is 18.2 Å². The summed E-state index contributed by atoms with van der Waals surface area (Å²) in [6, 6.07) is 5.84. The predicted molar refractivity (Wildman–Crippen MR) is 72.2 cm³/mol. The van der Waals surface area contributed by atoms with E-state index in [-0.39, 0.29) is 0 Å². The lowest BCUT2D eigenvalue weighted by atomic mass is 9.83. The molecule has 16 heavy (non-hydrogen) atoms. The van der Waals surface area contributed by atoms with Gasteiger partial charge in [0.15, 0.2) is 0 Å². The molecule has 0 amide bonds. The van der Waals surface area contributed by atoms with Gasteiger partial charge in [-0.15, -0.1) is 0 Å². The maximum atomic E-state index is 5.97. The normalized spacial score (nSPS) is 11.8. The first-order valence-electron chi connectivity index (χ1n) is 5.58. The van der Waals surface area contributed by atoms with Gasteiger partial charge in [0.2, 0.25) is 0 Å². The van der Waals surface area contributed by atoms with Crippen LogP contribution in [0.1, 0.15) is 32.3 Å². The van der Waals surface area contributed by atoms with E-state index in [1.165, 1.54) is 5.56 Å². The number of rotatable bonds is 5. The standard InChI is InChI=1S/C13H19Cl2N/c1-13(2,7-8-16)6-5-10-3-4-11(14)12(15)9-10/h3-4,9H,5-8,16H2,1-2H3.